The predicted octanol–water partition coefficient (Wildman–Crippen LogP) is 6.60. The number of halogens is 3. The standard InChI is InChI=1S/C23H14Cl2FN3O4S/c24-18-7-14(8-19(25)22(18)33-12-13-1-3-16(26)4-2-13)11-27-28-23(30)21-10-15-9-17(29(31)32)5-6-20(15)34-21/h1-11H,12H2,(H,28,30)/b27-11-. The van der Waals surface area contributed by atoms with Crippen molar-refractivity contribution < 1.29 is 18.8 Å². The Balaban J connectivity index is 1.41. The average Bonchev–Trinajstić information content (AvgIpc) is 3.23. The van der Waals surface area contributed by atoms with Crippen molar-refractivity contribution in [3.05, 3.63) is 103 Å². The molecule has 11 heteroatoms. The molecule has 1 aromatic heterocycles. The van der Waals surface area contributed by atoms with Crippen molar-refractivity contribution in [2.75, 3.05) is 0 Å². The highest BCUT2D eigenvalue weighted by atomic mass is 35.5. The number of non-ortho nitro benzene ring substituents is 1. The summed E-state index contributed by atoms with van der Waals surface area (Å²) in [4.78, 5) is 23.2. The van der Waals surface area contributed by atoms with Gasteiger partial charge in [-0.2, -0.15) is 5.10 Å². The van der Waals surface area contributed by atoms with Gasteiger partial charge in [-0.25, -0.2) is 9.82 Å². The Labute approximate surface area is 206 Å². The summed E-state index contributed by atoms with van der Waals surface area (Å²) in [7, 11) is 0. The highest BCUT2D eigenvalue weighted by molar-refractivity contribution is 7.20. The third kappa shape index (κ3) is 5.51. The lowest BCUT2D eigenvalue weighted by Crippen LogP contribution is -2.16. The molecule has 4 aromatic rings. The van der Waals surface area contributed by atoms with Crippen molar-refractivity contribution in [1.82, 2.24) is 5.43 Å². The molecule has 1 amide bonds. The Morgan fingerprint density at radius 1 is 1.12 bits per heavy atom. The summed E-state index contributed by atoms with van der Waals surface area (Å²) in [6, 6.07) is 15.0. The van der Waals surface area contributed by atoms with E-state index in [2.05, 4.69) is 10.5 Å². The zero-order valence-corrected chi connectivity index (χ0v) is 19.5. The normalized spacial score (nSPS) is 11.1. The zero-order valence-electron chi connectivity index (χ0n) is 17.1. The van der Waals surface area contributed by atoms with E-state index in [1.165, 1.54) is 41.8 Å². The number of hydrogen-bond donors (Lipinski definition) is 1. The second-order valence-electron chi connectivity index (χ2n) is 7.02. The third-order valence-corrected chi connectivity index (χ3v) is 6.31. The van der Waals surface area contributed by atoms with E-state index in [1.807, 2.05) is 0 Å². The maximum absolute atomic E-state index is 13.0. The molecule has 0 unspecified atom stereocenters. The summed E-state index contributed by atoms with van der Waals surface area (Å²) >= 11 is 13.8. The monoisotopic (exact) mass is 517 g/mol. The first-order valence-corrected chi connectivity index (χ1v) is 11.2. The van der Waals surface area contributed by atoms with Crippen molar-refractivity contribution in [2.45, 2.75) is 6.61 Å². The minimum atomic E-state index is -0.490. The minimum Gasteiger partial charge on any atom is -0.486 e. The number of carbonyl (C=O) groups is 1. The Hall–Kier alpha value is -3.53. The summed E-state index contributed by atoms with van der Waals surface area (Å²) in [5.74, 6) is -0.531. The molecule has 0 radical (unpaired) electrons. The van der Waals surface area contributed by atoms with E-state index in [1.54, 1.807) is 36.4 Å². The molecular formula is C23H14Cl2FN3O4S. The number of fused-ring (bicyclic) bond motifs is 1. The van der Waals surface area contributed by atoms with Gasteiger partial charge in [-0.05, 0) is 47.5 Å². The van der Waals surface area contributed by atoms with Gasteiger partial charge in [0, 0.05) is 22.2 Å². The van der Waals surface area contributed by atoms with Crippen LogP contribution >= 0.6 is 34.5 Å². The summed E-state index contributed by atoms with van der Waals surface area (Å²) in [5.41, 5.74) is 3.63. The third-order valence-electron chi connectivity index (χ3n) is 4.63. The molecule has 3 aromatic carbocycles. The first-order valence-electron chi connectivity index (χ1n) is 9.68. The Kier molecular flexibility index (Phi) is 7.06. The van der Waals surface area contributed by atoms with Gasteiger partial charge in [-0.15, -0.1) is 11.3 Å². The van der Waals surface area contributed by atoms with Crippen LogP contribution in [0.4, 0.5) is 10.1 Å². The average molecular weight is 518 g/mol. The van der Waals surface area contributed by atoms with Crippen LogP contribution in [0.15, 0.2) is 65.8 Å². The number of amides is 1. The van der Waals surface area contributed by atoms with Crippen LogP contribution in [0.2, 0.25) is 10.0 Å². The van der Waals surface area contributed by atoms with E-state index in [-0.39, 0.29) is 33.9 Å². The van der Waals surface area contributed by atoms with E-state index in [0.717, 1.165) is 10.3 Å². The van der Waals surface area contributed by atoms with Crippen LogP contribution in [0.3, 0.4) is 0 Å². The molecule has 4 rings (SSSR count). The highest BCUT2D eigenvalue weighted by Gasteiger charge is 2.13. The number of carbonyl (C=O) groups excluding carboxylic acids is 1. The second kappa shape index (κ2) is 10.2. The van der Waals surface area contributed by atoms with Gasteiger partial charge in [0.05, 0.1) is 26.1 Å². The summed E-state index contributed by atoms with van der Waals surface area (Å²) in [6.45, 7) is 0.154. The van der Waals surface area contributed by atoms with E-state index in [0.29, 0.717) is 15.8 Å². The number of hydrazone groups is 1. The van der Waals surface area contributed by atoms with Crippen molar-refractivity contribution in [3.8, 4) is 5.75 Å². The van der Waals surface area contributed by atoms with E-state index in [9.17, 15) is 19.3 Å². The number of nitro benzene ring substituents is 1. The fourth-order valence-electron chi connectivity index (χ4n) is 3.00. The van der Waals surface area contributed by atoms with Crippen molar-refractivity contribution in [1.29, 1.82) is 0 Å². The van der Waals surface area contributed by atoms with Gasteiger partial charge in [-0.1, -0.05) is 35.3 Å². The summed E-state index contributed by atoms with van der Waals surface area (Å²) in [6.07, 6.45) is 1.37. The fraction of sp³-hybridized carbons (Fsp3) is 0.0435. The van der Waals surface area contributed by atoms with Crippen LogP contribution in [0, 0.1) is 15.9 Å². The Morgan fingerprint density at radius 2 is 1.82 bits per heavy atom. The number of nitro groups is 1. The molecule has 0 spiro atoms. The number of rotatable bonds is 7. The van der Waals surface area contributed by atoms with Gasteiger partial charge < -0.3 is 4.74 Å². The molecule has 1 heterocycles. The SMILES string of the molecule is O=C(N/N=C\c1cc(Cl)c(OCc2ccc(F)cc2)c(Cl)c1)c1cc2cc([N+](=O)[O-])ccc2s1. The Bertz CT molecular complexity index is 1400. The van der Waals surface area contributed by atoms with Gasteiger partial charge in [0.25, 0.3) is 11.6 Å². The van der Waals surface area contributed by atoms with Gasteiger partial charge in [0.15, 0.2) is 5.75 Å². The molecule has 0 bridgehead atoms. The first kappa shape index (κ1) is 23.6. The lowest BCUT2D eigenvalue weighted by atomic mass is 10.2. The number of nitrogens with one attached hydrogen (secondary N) is 1. The van der Waals surface area contributed by atoms with Gasteiger partial charge in [0.2, 0.25) is 0 Å². The predicted molar refractivity (Wildman–Crippen MR) is 131 cm³/mol. The van der Waals surface area contributed by atoms with Crippen LogP contribution < -0.4 is 10.2 Å². The summed E-state index contributed by atoms with van der Waals surface area (Å²) in [5, 5.41) is 15.9. The smallest absolute Gasteiger partial charge is 0.281 e. The molecule has 0 atom stereocenters. The van der Waals surface area contributed by atoms with Crippen LogP contribution in [-0.2, 0) is 6.61 Å². The van der Waals surface area contributed by atoms with E-state index >= 15 is 0 Å². The number of nitrogens with zero attached hydrogens (tertiary/aromatic N) is 2. The number of hydrogen-bond acceptors (Lipinski definition) is 6. The maximum Gasteiger partial charge on any atom is 0.281 e. The van der Waals surface area contributed by atoms with Crippen molar-refractivity contribution in [2.24, 2.45) is 5.10 Å². The molecule has 0 saturated carbocycles. The topological polar surface area (TPSA) is 93.8 Å². The summed E-state index contributed by atoms with van der Waals surface area (Å²) < 4.78 is 19.4. The van der Waals surface area contributed by atoms with Gasteiger partial charge in [0.1, 0.15) is 12.4 Å². The number of benzene rings is 3. The van der Waals surface area contributed by atoms with Crippen LogP contribution in [0.5, 0.6) is 5.75 Å². The van der Waals surface area contributed by atoms with Crippen molar-refractivity contribution in [3.63, 3.8) is 0 Å². The first-order chi connectivity index (χ1) is 16.3. The molecule has 7 nitrogen and oxygen atoms in total. The molecule has 0 saturated heterocycles. The van der Waals surface area contributed by atoms with Crippen LogP contribution in [0.1, 0.15) is 20.8 Å². The lowest BCUT2D eigenvalue weighted by Gasteiger charge is -2.11. The fourth-order valence-corrected chi connectivity index (χ4v) is 4.55. The largest absolute Gasteiger partial charge is 0.486 e. The van der Waals surface area contributed by atoms with Crippen LogP contribution in [-0.4, -0.2) is 17.0 Å². The number of ether oxygens (including phenoxy) is 1. The Morgan fingerprint density at radius 3 is 2.50 bits per heavy atom. The zero-order chi connectivity index (χ0) is 24.2. The highest BCUT2D eigenvalue weighted by Crippen LogP contribution is 2.34. The minimum absolute atomic E-state index is 0.0471. The van der Waals surface area contributed by atoms with E-state index in [4.69, 9.17) is 27.9 Å². The van der Waals surface area contributed by atoms with Crippen LogP contribution in [0.25, 0.3) is 10.1 Å². The molecule has 0 aliphatic carbocycles. The quantitative estimate of drug-likeness (QED) is 0.170. The molecular weight excluding hydrogens is 504 g/mol. The molecule has 0 aliphatic rings. The van der Waals surface area contributed by atoms with Crippen molar-refractivity contribution >= 4 is 62.4 Å². The molecule has 172 valence electrons. The number of thiophene rings is 1. The molecule has 34 heavy (non-hydrogen) atoms. The second-order valence-corrected chi connectivity index (χ2v) is 8.92. The molecule has 0 fully saturated rings. The maximum atomic E-state index is 13.0. The molecule has 1 N–H and O–H groups in total. The van der Waals surface area contributed by atoms with Gasteiger partial charge >= 0.3 is 0 Å². The van der Waals surface area contributed by atoms with E-state index < -0.39 is 10.8 Å². The van der Waals surface area contributed by atoms with Gasteiger partial charge in [-0.3, -0.25) is 14.9 Å². The molecule has 0 aliphatic heterocycles. The lowest BCUT2D eigenvalue weighted by molar-refractivity contribution is -0.384.